The van der Waals surface area contributed by atoms with Crippen LogP contribution in [0.2, 0.25) is 0 Å². The highest BCUT2D eigenvalue weighted by molar-refractivity contribution is 5.17. The summed E-state index contributed by atoms with van der Waals surface area (Å²) < 4.78 is 10.2. The van der Waals surface area contributed by atoms with E-state index >= 15 is 0 Å². The number of methoxy groups -OCH3 is 1. The molecule has 1 aliphatic heterocycles. The zero-order chi connectivity index (χ0) is 12.1. The molecule has 5 nitrogen and oxygen atoms in total. The number of ether oxygens (including phenoxy) is 2. The van der Waals surface area contributed by atoms with Gasteiger partial charge in [-0.05, 0) is 5.56 Å². The van der Waals surface area contributed by atoms with Crippen molar-refractivity contribution in [1.82, 2.24) is 10.3 Å². The van der Waals surface area contributed by atoms with Gasteiger partial charge in [-0.3, -0.25) is 0 Å². The Kier molecular flexibility index (Phi) is 3.93. The van der Waals surface area contributed by atoms with Gasteiger partial charge in [0.15, 0.2) is 0 Å². The summed E-state index contributed by atoms with van der Waals surface area (Å²) in [6.45, 7) is 2.28. The Bertz CT molecular complexity index is 347. The maximum absolute atomic E-state index is 10.0. The third-order valence-corrected chi connectivity index (χ3v) is 2.87. The molecule has 1 aromatic heterocycles. The van der Waals surface area contributed by atoms with Crippen molar-refractivity contribution < 1.29 is 14.6 Å². The van der Waals surface area contributed by atoms with E-state index in [2.05, 4.69) is 10.3 Å². The molecule has 1 aromatic rings. The highest BCUT2D eigenvalue weighted by Gasteiger charge is 2.31. The van der Waals surface area contributed by atoms with Crippen LogP contribution in [0.5, 0.6) is 5.88 Å². The van der Waals surface area contributed by atoms with Crippen molar-refractivity contribution >= 4 is 0 Å². The lowest BCUT2D eigenvalue weighted by molar-refractivity contribution is 0.0268. The summed E-state index contributed by atoms with van der Waals surface area (Å²) in [6.07, 6.45) is 2.46. The Labute approximate surface area is 101 Å². The molecule has 0 bridgehead atoms. The van der Waals surface area contributed by atoms with Crippen LogP contribution in [-0.2, 0) is 11.3 Å². The first-order valence-corrected chi connectivity index (χ1v) is 5.72. The molecule has 1 aliphatic rings. The summed E-state index contributed by atoms with van der Waals surface area (Å²) in [5.41, 5.74) is 0.355. The quantitative estimate of drug-likeness (QED) is 0.774. The van der Waals surface area contributed by atoms with Gasteiger partial charge < -0.3 is 19.9 Å². The molecular formula is C12H18N2O3. The van der Waals surface area contributed by atoms with Gasteiger partial charge in [-0.2, -0.15) is 0 Å². The van der Waals surface area contributed by atoms with E-state index in [0.29, 0.717) is 38.6 Å². The molecule has 0 aromatic carbocycles. The third kappa shape index (κ3) is 3.39. The normalized spacial score (nSPS) is 23.9. The predicted molar refractivity (Wildman–Crippen MR) is 62.9 cm³/mol. The molecule has 5 heteroatoms. The van der Waals surface area contributed by atoms with Gasteiger partial charge in [0.1, 0.15) is 5.60 Å². The third-order valence-electron chi connectivity index (χ3n) is 2.87. The van der Waals surface area contributed by atoms with Crippen molar-refractivity contribution in [3.8, 4) is 5.88 Å². The van der Waals surface area contributed by atoms with Crippen molar-refractivity contribution in [3.05, 3.63) is 23.9 Å². The molecule has 1 unspecified atom stereocenters. The molecule has 2 N–H and O–H groups in total. The number of hydrogen-bond acceptors (Lipinski definition) is 5. The maximum Gasteiger partial charge on any atom is 0.212 e. The molecule has 94 valence electrons. The van der Waals surface area contributed by atoms with Gasteiger partial charge in [-0.1, -0.05) is 6.07 Å². The van der Waals surface area contributed by atoms with E-state index in [4.69, 9.17) is 9.47 Å². The van der Waals surface area contributed by atoms with Crippen LogP contribution in [0.1, 0.15) is 12.0 Å². The minimum absolute atomic E-state index is 0.418. The van der Waals surface area contributed by atoms with Crippen LogP contribution in [-0.4, -0.2) is 42.6 Å². The average Bonchev–Trinajstić information content (AvgIpc) is 2.77. The van der Waals surface area contributed by atoms with Gasteiger partial charge in [-0.15, -0.1) is 0 Å². The van der Waals surface area contributed by atoms with E-state index < -0.39 is 5.60 Å². The van der Waals surface area contributed by atoms with Crippen LogP contribution in [0.25, 0.3) is 0 Å². The number of aromatic nitrogens is 1. The second-order valence-electron chi connectivity index (χ2n) is 4.34. The number of nitrogens with zero attached hydrogens (tertiary/aromatic N) is 1. The number of rotatable bonds is 5. The smallest absolute Gasteiger partial charge is 0.212 e. The lowest BCUT2D eigenvalue weighted by atomic mass is 10.0. The van der Waals surface area contributed by atoms with E-state index in [-0.39, 0.29) is 0 Å². The van der Waals surface area contributed by atoms with Crippen LogP contribution >= 0.6 is 0 Å². The number of hydrogen-bond donors (Lipinski definition) is 2. The summed E-state index contributed by atoms with van der Waals surface area (Å²) in [6, 6.07) is 3.78. The van der Waals surface area contributed by atoms with Crippen molar-refractivity contribution in [2.75, 3.05) is 26.9 Å². The predicted octanol–water partition coefficient (Wildman–Crippen LogP) is 0.331. The van der Waals surface area contributed by atoms with Crippen molar-refractivity contribution in [2.45, 2.75) is 18.6 Å². The number of nitrogens with one attached hydrogen (secondary N) is 1. The Morgan fingerprint density at radius 1 is 1.59 bits per heavy atom. The Hall–Kier alpha value is -1.17. The first kappa shape index (κ1) is 12.3. The van der Waals surface area contributed by atoms with E-state index in [1.165, 1.54) is 0 Å². The SMILES string of the molecule is COc1ccc(CNCC2(O)CCOC2)cn1. The molecule has 1 fully saturated rings. The molecule has 0 amide bonds. The topological polar surface area (TPSA) is 63.6 Å². The summed E-state index contributed by atoms with van der Waals surface area (Å²) >= 11 is 0. The molecule has 2 heterocycles. The molecule has 2 rings (SSSR count). The largest absolute Gasteiger partial charge is 0.481 e. The molecule has 0 aliphatic carbocycles. The highest BCUT2D eigenvalue weighted by atomic mass is 16.5. The first-order chi connectivity index (χ1) is 8.22. The van der Waals surface area contributed by atoms with Crippen LogP contribution in [0, 0.1) is 0 Å². The van der Waals surface area contributed by atoms with E-state index in [0.717, 1.165) is 5.56 Å². The Morgan fingerprint density at radius 2 is 2.47 bits per heavy atom. The summed E-state index contributed by atoms with van der Waals surface area (Å²) in [5, 5.41) is 13.2. The second-order valence-corrected chi connectivity index (χ2v) is 4.34. The van der Waals surface area contributed by atoms with E-state index in [1.54, 1.807) is 13.3 Å². The number of aliphatic hydroxyl groups is 1. The average molecular weight is 238 g/mol. The fraction of sp³-hybridized carbons (Fsp3) is 0.583. The molecular weight excluding hydrogens is 220 g/mol. The summed E-state index contributed by atoms with van der Waals surface area (Å²) in [7, 11) is 1.59. The summed E-state index contributed by atoms with van der Waals surface area (Å²) in [5.74, 6) is 0.608. The van der Waals surface area contributed by atoms with Crippen molar-refractivity contribution in [3.63, 3.8) is 0 Å². The molecule has 1 atom stereocenters. The maximum atomic E-state index is 10.0. The van der Waals surface area contributed by atoms with E-state index in [1.807, 2.05) is 12.1 Å². The fourth-order valence-corrected chi connectivity index (χ4v) is 1.81. The Balaban J connectivity index is 1.77. The first-order valence-electron chi connectivity index (χ1n) is 5.72. The van der Waals surface area contributed by atoms with Gasteiger partial charge in [0.25, 0.3) is 0 Å². The van der Waals surface area contributed by atoms with E-state index in [9.17, 15) is 5.11 Å². The second kappa shape index (κ2) is 5.44. The van der Waals surface area contributed by atoms with Crippen molar-refractivity contribution in [1.29, 1.82) is 0 Å². The van der Waals surface area contributed by atoms with Crippen molar-refractivity contribution in [2.24, 2.45) is 0 Å². The molecule has 1 saturated heterocycles. The van der Waals surface area contributed by atoms with Crippen LogP contribution in [0.15, 0.2) is 18.3 Å². The van der Waals surface area contributed by atoms with Gasteiger partial charge in [0.2, 0.25) is 5.88 Å². The number of pyridine rings is 1. The highest BCUT2D eigenvalue weighted by Crippen LogP contribution is 2.17. The molecule has 0 spiro atoms. The van der Waals surface area contributed by atoms with Gasteiger partial charge in [0, 0.05) is 38.4 Å². The standard InChI is InChI=1S/C12H18N2O3/c1-16-11-3-2-10(7-14-11)6-13-8-12(15)4-5-17-9-12/h2-3,7,13,15H,4-6,8-9H2,1H3. The molecule has 0 saturated carbocycles. The minimum Gasteiger partial charge on any atom is -0.481 e. The fourth-order valence-electron chi connectivity index (χ4n) is 1.81. The zero-order valence-corrected chi connectivity index (χ0v) is 9.98. The Morgan fingerprint density at radius 3 is 3.06 bits per heavy atom. The van der Waals surface area contributed by atoms with Gasteiger partial charge in [0.05, 0.1) is 13.7 Å². The lowest BCUT2D eigenvalue weighted by Gasteiger charge is -2.20. The monoisotopic (exact) mass is 238 g/mol. The minimum atomic E-state index is -0.708. The van der Waals surface area contributed by atoms with Gasteiger partial charge >= 0.3 is 0 Å². The summed E-state index contributed by atoms with van der Waals surface area (Å²) in [4.78, 5) is 4.12. The lowest BCUT2D eigenvalue weighted by Crippen LogP contribution is -2.40. The van der Waals surface area contributed by atoms with Crippen LogP contribution in [0.4, 0.5) is 0 Å². The zero-order valence-electron chi connectivity index (χ0n) is 9.98. The van der Waals surface area contributed by atoms with Gasteiger partial charge in [-0.25, -0.2) is 4.98 Å². The molecule has 17 heavy (non-hydrogen) atoms. The van der Waals surface area contributed by atoms with Crippen LogP contribution < -0.4 is 10.1 Å². The molecule has 0 radical (unpaired) electrons. The van der Waals surface area contributed by atoms with Crippen LogP contribution in [0.3, 0.4) is 0 Å².